The van der Waals surface area contributed by atoms with Crippen LogP contribution in [0.3, 0.4) is 0 Å². The molecular formula is C20H18O2S. The molecule has 0 aliphatic heterocycles. The summed E-state index contributed by atoms with van der Waals surface area (Å²) in [5.41, 5.74) is 0. The van der Waals surface area contributed by atoms with E-state index in [4.69, 9.17) is 9.90 Å². The maximum absolute atomic E-state index is 8.89. The van der Waals surface area contributed by atoms with E-state index >= 15 is 0 Å². The van der Waals surface area contributed by atoms with Gasteiger partial charge in [0.15, 0.2) is 14.7 Å². The van der Waals surface area contributed by atoms with Crippen molar-refractivity contribution in [3.05, 3.63) is 91.0 Å². The van der Waals surface area contributed by atoms with Crippen LogP contribution >= 0.6 is 0 Å². The van der Waals surface area contributed by atoms with Crippen molar-refractivity contribution in [2.75, 3.05) is 0 Å². The Balaban J connectivity index is 0.000000433. The van der Waals surface area contributed by atoms with E-state index in [-0.39, 0.29) is 10.9 Å². The van der Waals surface area contributed by atoms with Crippen molar-refractivity contribution in [3.63, 3.8) is 0 Å². The Morgan fingerprint density at radius 3 is 1.09 bits per heavy atom. The molecule has 0 bridgehead atoms. The van der Waals surface area contributed by atoms with Crippen LogP contribution in [0.1, 0.15) is 6.92 Å². The van der Waals surface area contributed by atoms with Gasteiger partial charge in [-0.2, -0.15) is 0 Å². The van der Waals surface area contributed by atoms with Crippen molar-refractivity contribution >= 4 is 16.9 Å². The maximum Gasteiger partial charge on any atom is 0.166 e. The van der Waals surface area contributed by atoms with Crippen LogP contribution in [-0.4, -0.2) is 5.97 Å². The zero-order valence-corrected chi connectivity index (χ0v) is 13.7. The first-order valence-electron chi connectivity index (χ1n) is 7.25. The second-order valence-corrected chi connectivity index (χ2v) is 6.76. The highest BCUT2D eigenvalue weighted by Crippen LogP contribution is 2.30. The van der Waals surface area contributed by atoms with E-state index in [0.29, 0.717) is 0 Å². The second kappa shape index (κ2) is 8.81. The van der Waals surface area contributed by atoms with Crippen LogP contribution in [0.25, 0.3) is 0 Å². The lowest BCUT2D eigenvalue weighted by Crippen LogP contribution is -2.16. The highest BCUT2D eigenvalue weighted by molar-refractivity contribution is 7.97. The summed E-state index contributed by atoms with van der Waals surface area (Å²) in [5.74, 6) is -1.08. The average molecular weight is 322 g/mol. The highest BCUT2D eigenvalue weighted by Gasteiger charge is 2.27. The van der Waals surface area contributed by atoms with E-state index in [1.807, 2.05) is 0 Å². The monoisotopic (exact) mass is 322 g/mol. The summed E-state index contributed by atoms with van der Waals surface area (Å²) in [7, 11) is -0.0146. The highest BCUT2D eigenvalue weighted by atomic mass is 32.2. The van der Waals surface area contributed by atoms with E-state index in [1.54, 1.807) is 0 Å². The van der Waals surface area contributed by atoms with Crippen molar-refractivity contribution in [3.8, 4) is 0 Å². The fourth-order valence-corrected chi connectivity index (χ4v) is 4.18. The summed E-state index contributed by atoms with van der Waals surface area (Å²) >= 11 is 0. The molecule has 0 N–H and O–H groups in total. The maximum atomic E-state index is 8.89. The van der Waals surface area contributed by atoms with Crippen LogP contribution < -0.4 is 5.11 Å². The van der Waals surface area contributed by atoms with Gasteiger partial charge in [0.05, 0.1) is 10.9 Å². The molecule has 3 heteroatoms. The third-order valence-electron chi connectivity index (χ3n) is 2.94. The minimum absolute atomic E-state index is 0.0146. The normalized spacial score (nSPS) is 9.83. The van der Waals surface area contributed by atoms with E-state index in [1.165, 1.54) is 14.7 Å². The molecule has 2 nitrogen and oxygen atoms in total. The first-order valence-corrected chi connectivity index (χ1v) is 8.48. The summed E-state index contributed by atoms with van der Waals surface area (Å²) in [6.07, 6.45) is 0. The third kappa shape index (κ3) is 5.31. The van der Waals surface area contributed by atoms with Gasteiger partial charge >= 0.3 is 0 Å². The van der Waals surface area contributed by atoms with E-state index in [9.17, 15) is 0 Å². The number of hydrogen-bond donors (Lipinski definition) is 0. The van der Waals surface area contributed by atoms with Gasteiger partial charge in [0, 0.05) is 5.97 Å². The number of aliphatic carboxylic acids is 1. The van der Waals surface area contributed by atoms with Gasteiger partial charge in [-0.25, -0.2) is 0 Å². The van der Waals surface area contributed by atoms with Gasteiger partial charge in [0.2, 0.25) is 0 Å². The molecule has 23 heavy (non-hydrogen) atoms. The molecule has 0 fully saturated rings. The van der Waals surface area contributed by atoms with Gasteiger partial charge in [-0.05, 0) is 43.3 Å². The summed E-state index contributed by atoms with van der Waals surface area (Å²) in [4.78, 5) is 13.0. The number of rotatable bonds is 3. The summed E-state index contributed by atoms with van der Waals surface area (Å²) in [5, 5.41) is 8.89. The summed E-state index contributed by atoms with van der Waals surface area (Å²) < 4.78 is 0. The molecule has 0 saturated carbocycles. The van der Waals surface area contributed by atoms with E-state index in [0.717, 1.165) is 6.92 Å². The topological polar surface area (TPSA) is 40.1 Å². The molecule has 0 aromatic heterocycles. The van der Waals surface area contributed by atoms with Crippen LogP contribution in [0.15, 0.2) is 106 Å². The Morgan fingerprint density at radius 1 is 0.652 bits per heavy atom. The number of benzene rings is 3. The molecule has 0 saturated heterocycles. The van der Waals surface area contributed by atoms with Gasteiger partial charge in [-0.1, -0.05) is 54.6 Å². The Morgan fingerprint density at radius 2 is 0.870 bits per heavy atom. The van der Waals surface area contributed by atoms with Crippen LogP contribution in [0.2, 0.25) is 0 Å². The molecular weight excluding hydrogens is 304 g/mol. The smallest absolute Gasteiger partial charge is 0.166 e. The minimum atomic E-state index is -1.08. The molecule has 0 spiro atoms. The third-order valence-corrected chi connectivity index (χ3v) is 5.17. The van der Waals surface area contributed by atoms with Gasteiger partial charge < -0.3 is 9.90 Å². The molecule has 3 rings (SSSR count). The van der Waals surface area contributed by atoms with Crippen molar-refractivity contribution in [2.45, 2.75) is 21.6 Å². The van der Waals surface area contributed by atoms with Gasteiger partial charge in [-0.15, -0.1) is 0 Å². The number of carbonyl (C=O) groups is 1. The van der Waals surface area contributed by atoms with Crippen molar-refractivity contribution in [1.82, 2.24) is 0 Å². The van der Waals surface area contributed by atoms with Crippen LogP contribution in [0, 0.1) is 0 Å². The minimum Gasteiger partial charge on any atom is -0.550 e. The van der Waals surface area contributed by atoms with Gasteiger partial charge in [0.1, 0.15) is 0 Å². The first kappa shape index (κ1) is 16.8. The SMILES string of the molecule is CC(=O)[O-].c1ccc([S+](c2ccccc2)c2ccccc2)cc1. The number of carboxylic acid groups (broad SMARTS) is 1. The Kier molecular flexibility index (Phi) is 6.45. The lowest BCUT2D eigenvalue weighted by atomic mass is 10.4. The van der Waals surface area contributed by atoms with Gasteiger partial charge in [0.25, 0.3) is 0 Å². The molecule has 116 valence electrons. The lowest BCUT2D eigenvalue weighted by molar-refractivity contribution is -0.302. The molecule has 0 aliphatic rings. The van der Waals surface area contributed by atoms with Crippen molar-refractivity contribution in [2.24, 2.45) is 0 Å². The average Bonchev–Trinajstić information content (AvgIpc) is 2.58. The number of carboxylic acids is 1. The molecule has 3 aromatic carbocycles. The van der Waals surface area contributed by atoms with E-state index in [2.05, 4.69) is 91.0 Å². The van der Waals surface area contributed by atoms with Crippen LogP contribution in [0.5, 0.6) is 0 Å². The predicted octanol–water partition coefficient (Wildman–Crippen LogP) is 3.54. The molecule has 0 aliphatic carbocycles. The fraction of sp³-hybridized carbons (Fsp3) is 0.0500. The Hall–Kier alpha value is -2.52. The standard InChI is InChI=1S/C18H15S.C2H4O2/c1-4-10-16(11-5-1)19(17-12-6-2-7-13-17)18-14-8-3-9-15-18;1-2(3)4/h1-15H;1H3,(H,3,4)/q+1;/p-1. The molecule has 0 unspecified atom stereocenters. The van der Waals surface area contributed by atoms with Gasteiger partial charge in [-0.3, -0.25) is 0 Å². The summed E-state index contributed by atoms with van der Waals surface area (Å²) in [6.45, 7) is 0.972. The van der Waals surface area contributed by atoms with Crippen LogP contribution in [0.4, 0.5) is 0 Å². The summed E-state index contributed by atoms with van der Waals surface area (Å²) in [6, 6.07) is 32.2. The van der Waals surface area contributed by atoms with Crippen molar-refractivity contribution < 1.29 is 9.90 Å². The number of hydrogen-bond acceptors (Lipinski definition) is 2. The second-order valence-electron chi connectivity index (χ2n) is 4.74. The Labute approximate surface area is 139 Å². The van der Waals surface area contributed by atoms with Crippen molar-refractivity contribution in [1.29, 1.82) is 0 Å². The lowest BCUT2D eigenvalue weighted by Gasteiger charge is -2.07. The molecule has 0 heterocycles. The largest absolute Gasteiger partial charge is 0.550 e. The zero-order chi connectivity index (χ0) is 16.5. The first-order chi connectivity index (χ1) is 11.2. The van der Waals surface area contributed by atoms with E-state index < -0.39 is 5.97 Å². The quantitative estimate of drug-likeness (QED) is 0.692. The number of carbonyl (C=O) groups excluding carboxylic acids is 1. The molecule has 0 atom stereocenters. The predicted molar refractivity (Wildman–Crippen MR) is 92.2 cm³/mol. The molecule has 0 radical (unpaired) electrons. The fourth-order valence-electron chi connectivity index (χ4n) is 2.08. The van der Waals surface area contributed by atoms with Crippen LogP contribution in [-0.2, 0) is 15.7 Å². The Bertz CT molecular complexity index is 614. The molecule has 0 amide bonds. The zero-order valence-electron chi connectivity index (χ0n) is 12.9. The molecule has 3 aromatic rings.